The first kappa shape index (κ1) is 20.6. The van der Waals surface area contributed by atoms with Crippen molar-refractivity contribution < 1.29 is 0 Å². The Balaban J connectivity index is 1.39. The average molecular weight is 461 g/mol. The maximum Gasteiger partial charge on any atom is 0.278 e. The summed E-state index contributed by atoms with van der Waals surface area (Å²) >= 11 is 3.16. The number of hydrogen-bond acceptors (Lipinski definition) is 7. The minimum atomic E-state index is -0.155. The van der Waals surface area contributed by atoms with E-state index in [1.165, 1.54) is 26.9 Å². The SMILES string of the molecule is O=c1c2ccccc2nnn1CSc1nnc(Cc2cccs2)n1CCc1ccccc1. The zero-order valence-corrected chi connectivity index (χ0v) is 18.8. The normalized spacial score (nSPS) is 11.2. The van der Waals surface area contributed by atoms with Crippen LogP contribution in [0.25, 0.3) is 10.9 Å². The molecule has 32 heavy (non-hydrogen) atoms. The summed E-state index contributed by atoms with van der Waals surface area (Å²) in [6.45, 7) is 0.762. The predicted molar refractivity (Wildman–Crippen MR) is 127 cm³/mol. The number of benzene rings is 2. The minimum Gasteiger partial charge on any atom is -0.305 e. The summed E-state index contributed by atoms with van der Waals surface area (Å²) in [6, 6.07) is 21.8. The van der Waals surface area contributed by atoms with E-state index in [9.17, 15) is 4.79 Å². The minimum absolute atomic E-state index is 0.155. The van der Waals surface area contributed by atoms with Crippen LogP contribution in [0.5, 0.6) is 0 Å². The molecule has 0 unspecified atom stereocenters. The van der Waals surface area contributed by atoms with Crippen LogP contribution in [-0.2, 0) is 25.3 Å². The van der Waals surface area contributed by atoms with Crippen molar-refractivity contribution in [2.24, 2.45) is 0 Å². The molecule has 7 nitrogen and oxygen atoms in total. The molecule has 3 heterocycles. The van der Waals surface area contributed by atoms with E-state index in [0.717, 1.165) is 30.4 Å². The van der Waals surface area contributed by atoms with Crippen molar-refractivity contribution in [3.05, 3.63) is 98.7 Å². The zero-order chi connectivity index (χ0) is 21.8. The van der Waals surface area contributed by atoms with Gasteiger partial charge in [0.25, 0.3) is 5.56 Å². The van der Waals surface area contributed by atoms with Crippen LogP contribution in [0.2, 0.25) is 0 Å². The standard InChI is InChI=1S/C23H20N6OS2/c30-22-19-10-4-5-11-20(19)24-27-29(22)16-32-23-26-25-21(15-18-9-6-14-31-18)28(23)13-12-17-7-2-1-3-8-17/h1-11,14H,12-13,15-16H2. The monoisotopic (exact) mass is 460 g/mol. The van der Waals surface area contributed by atoms with Gasteiger partial charge in [-0.15, -0.1) is 26.6 Å². The largest absolute Gasteiger partial charge is 0.305 e. The summed E-state index contributed by atoms with van der Waals surface area (Å²) in [5, 5.41) is 20.6. The van der Waals surface area contributed by atoms with Crippen molar-refractivity contribution in [2.45, 2.75) is 30.4 Å². The lowest BCUT2D eigenvalue weighted by Crippen LogP contribution is -2.23. The Morgan fingerprint density at radius 2 is 1.75 bits per heavy atom. The molecule has 5 aromatic rings. The maximum atomic E-state index is 12.8. The zero-order valence-electron chi connectivity index (χ0n) is 17.2. The van der Waals surface area contributed by atoms with Crippen LogP contribution >= 0.6 is 23.1 Å². The Bertz CT molecular complexity index is 1380. The quantitative estimate of drug-likeness (QED) is 0.325. The van der Waals surface area contributed by atoms with E-state index in [-0.39, 0.29) is 5.56 Å². The Hall–Kier alpha value is -3.30. The molecule has 0 aliphatic carbocycles. The van der Waals surface area contributed by atoms with Gasteiger partial charge in [0.15, 0.2) is 5.16 Å². The number of aromatic nitrogens is 6. The van der Waals surface area contributed by atoms with Gasteiger partial charge in [-0.1, -0.05) is 65.5 Å². The third-order valence-corrected chi connectivity index (χ3v) is 6.93. The topological polar surface area (TPSA) is 78.5 Å². The molecule has 0 bridgehead atoms. The highest BCUT2D eigenvalue weighted by Crippen LogP contribution is 2.22. The molecule has 0 amide bonds. The highest BCUT2D eigenvalue weighted by atomic mass is 32.2. The van der Waals surface area contributed by atoms with Crippen LogP contribution in [-0.4, -0.2) is 29.8 Å². The Kier molecular flexibility index (Phi) is 6.09. The molecule has 0 aliphatic heterocycles. The lowest BCUT2D eigenvalue weighted by Gasteiger charge is -2.10. The highest BCUT2D eigenvalue weighted by Gasteiger charge is 2.15. The number of nitrogens with zero attached hydrogens (tertiary/aromatic N) is 6. The van der Waals surface area contributed by atoms with Crippen LogP contribution in [0.4, 0.5) is 0 Å². The number of rotatable bonds is 8. The lowest BCUT2D eigenvalue weighted by molar-refractivity contribution is 0.603. The van der Waals surface area contributed by atoms with Crippen LogP contribution in [0, 0.1) is 0 Å². The molecule has 0 aliphatic rings. The Morgan fingerprint density at radius 3 is 2.59 bits per heavy atom. The molecule has 2 aromatic carbocycles. The fourth-order valence-electron chi connectivity index (χ4n) is 3.46. The molecular formula is C23H20N6OS2. The van der Waals surface area contributed by atoms with Crippen molar-refractivity contribution in [3.8, 4) is 0 Å². The van der Waals surface area contributed by atoms with Crippen LogP contribution in [0.3, 0.4) is 0 Å². The third kappa shape index (κ3) is 4.49. The molecule has 160 valence electrons. The molecular weight excluding hydrogens is 440 g/mol. The summed E-state index contributed by atoms with van der Waals surface area (Å²) < 4.78 is 3.53. The van der Waals surface area contributed by atoms with Gasteiger partial charge in [-0.3, -0.25) is 4.79 Å². The van der Waals surface area contributed by atoms with Gasteiger partial charge in [0.05, 0.1) is 11.3 Å². The van der Waals surface area contributed by atoms with Crippen molar-refractivity contribution in [2.75, 3.05) is 0 Å². The lowest BCUT2D eigenvalue weighted by atomic mass is 10.1. The second-order valence-corrected chi connectivity index (χ2v) is 9.17. The number of fused-ring (bicyclic) bond motifs is 1. The second kappa shape index (κ2) is 9.46. The molecule has 0 atom stereocenters. The fourth-order valence-corrected chi connectivity index (χ4v) is 5.02. The van der Waals surface area contributed by atoms with E-state index >= 15 is 0 Å². The summed E-state index contributed by atoms with van der Waals surface area (Å²) in [4.78, 5) is 14.0. The highest BCUT2D eigenvalue weighted by molar-refractivity contribution is 7.98. The number of thioether (sulfide) groups is 1. The molecule has 5 rings (SSSR count). The molecule has 0 saturated carbocycles. The molecule has 0 radical (unpaired) electrons. The smallest absolute Gasteiger partial charge is 0.278 e. The van der Waals surface area contributed by atoms with Crippen molar-refractivity contribution >= 4 is 34.0 Å². The van der Waals surface area contributed by atoms with Crippen LogP contribution in [0.15, 0.2) is 82.1 Å². The van der Waals surface area contributed by atoms with E-state index in [1.54, 1.807) is 23.5 Å². The second-order valence-electron chi connectivity index (χ2n) is 7.23. The van der Waals surface area contributed by atoms with Gasteiger partial charge in [-0.2, -0.15) is 4.68 Å². The van der Waals surface area contributed by atoms with Crippen LogP contribution < -0.4 is 5.56 Å². The third-order valence-electron chi connectivity index (χ3n) is 5.12. The molecule has 0 fully saturated rings. The van der Waals surface area contributed by atoms with Crippen molar-refractivity contribution in [3.63, 3.8) is 0 Å². The first-order valence-electron chi connectivity index (χ1n) is 10.2. The van der Waals surface area contributed by atoms with E-state index in [2.05, 4.69) is 60.8 Å². The fraction of sp³-hybridized carbons (Fsp3) is 0.174. The summed E-state index contributed by atoms with van der Waals surface area (Å²) in [7, 11) is 0. The van der Waals surface area contributed by atoms with Gasteiger partial charge in [-0.05, 0) is 35.6 Å². The van der Waals surface area contributed by atoms with E-state index < -0.39 is 0 Å². The summed E-state index contributed by atoms with van der Waals surface area (Å²) in [5.41, 5.74) is 1.70. The van der Waals surface area contributed by atoms with Gasteiger partial charge in [0.2, 0.25) is 0 Å². The average Bonchev–Trinajstić information content (AvgIpc) is 3.48. The van der Waals surface area contributed by atoms with Crippen molar-refractivity contribution in [1.82, 2.24) is 29.8 Å². The van der Waals surface area contributed by atoms with E-state index in [1.807, 2.05) is 24.3 Å². The molecule has 0 saturated heterocycles. The van der Waals surface area contributed by atoms with Gasteiger partial charge >= 0.3 is 0 Å². The Labute approximate surface area is 192 Å². The van der Waals surface area contributed by atoms with Crippen molar-refractivity contribution in [1.29, 1.82) is 0 Å². The Morgan fingerprint density at radius 1 is 0.906 bits per heavy atom. The number of aryl methyl sites for hydroxylation is 1. The maximum absolute atomic E-state index is 12.8. The molecule has 0 N–H and O–H groups in total. The van der Waals surface area contributed by atoms with E-state index in [0.29, 0.717) is 16.8 Å². The summed E-state index contributed by atoms with van der Waals surface area (Å²) in [5.74, 6) is 1.24. The number of hydrogen-bond donors (Lipinski definition) is 0. The predicted octanol–water partition coefficient (Wildman–Crippen LogP) is 4.03. The van der Waals surface area contributed by atoms with Gasteiger partial charge in [0.1, 0.15) is 11.3 Å². The summed E-state index contributed by atoms with van der Waals surface area (Å²) in [6.07, 6.45) is 1.61. The van der Waals surface area contributed by atoms with E-state index in [4.69, 9.17) is 0 Å². The first-order chi connectivity index (χ1) is 15.8. The van der Waals surface area contributed by atoms with Gasteiger partial charge in [-0.25, -0.2) is 0 Å². The molecule has 9 heteroatoms. The number of thiophene rings is 1. The molecule has 3 aromatic heterocycles. The molecule has 0 spiro atoms. The van der Waals surface area contributed by atoms with Gasteiger partial charge in [0, 0.05) is 17.8 Å². The van der Waals surface area contributed by atoms with Crippen LogP contribution in [0.1, 0.15) is 16.3 Å². The first-order valence-corrected chi connectivity index (χ1v) is 12.1. The van der Waals surface area contributed by atoms with Gasteiger partial charge < -0.3 is 4.57 Å².